The van der Waals surface area contributed by atoms with E-state index in [1.54, 1.807) is 0 Å². The van der Waals surface area contributed by atoms with Crippen LogP contribution in [0.25, 0.3) is 0 Å². The summed E-state index contributed by atoms with van der Waals surface area (Å²) < 4.78 is 5.66. The number of nitrogens with zero attached hydrogens (tertiary/aromatic N) is 1. The Balaban J connectivity index is 1.70. The Morgan fingerprint density at radius 1 is 1.31 bits per heavy atom. The molecule has 3 fully saturated rings. The smallest absolute Gasteiger partial charge is 0.410 e. The number of piperidine rings is 1. The third kappa shape index (κ3) is 1.69. The second-order valence-electron chi connectivity index (χ2n) is 5.56. The molecule has 1 amide bonds. The Labute approximate surface area is 96.3 Å². The lowest BCUT2D eigenvalue weighted by Gasteiger charge is -2.34. The van der Waals surface area contributed by atoms with E-state index >= 15 is 0 Å². The molecule has 1 aliphatic carbocycles. The Morgan fingerprint density at radius 3 is 2.62 bits per heavy atom. The highest BCUT2D eigenvalue weighted by Crippen LogP contribution is 2.39. The van der Waals surface area contributed by atoms with E-state index < -0.39 is 0 Å². The minimum absolute atomic E-state index is 0.0801. The van der Waals surface area contributed by atoms with E-state index in [4.69, 9.17) is 4.74 Å². The molecular formula is C12H20N2O2. The Kier molecular flexibility index (Phi) is 2.35. The first-order chi connectivity index (χ1) is 7.69. The maximum absolute atomic E-state index is 11.8. The van der Waals surface area contributed by atoms with Gasteiger partial charge in [0.05, 0.1) is 6.54 Å². The number of cyclic esters (lactones) is 1. The van der Waals surface area contributed by atoms with Crippen LogP contribution >= 0.6 is 0 Å². The van der Waals surface area contributed by atoms with Crippen molar-refractivity contribution in [2.75, 3.05) is 19.6 Å². The van der Waals surface area contributed by atoms with Crippen LogP contribution in [0.3, 0.4) is 0 Å². The van der Waals surface area contributed by atoms with Gasteiger partial charge in [-0.1, -0.05) is 0 Å². The zero-order valence-corrected chi connectivity index (χ0v) is 9.87. The summed E-state index contributed by atoms with van der Waals surface area (Å²) in [6.45, 7) is 5.03. The van der Waals surface area contributed by atoms with Crippen LogP contribution in [0.4, 0.5) is 4.79 Å². The number of hydrogen-bond acceptors (Lipinski definition) is 3. The van der Waals surface area contributed by atoms with Crippen molar-refractivity contribution < 1.29 is 9.53 Å². The molecule has 0 radical (unpaired) electrons. The Morgan fingerprint density at radius 2 is 2.00 bits per heavy atom. The van der Waals surface area contributed by atoms with Crippen molar-refractivity contribution in [1.29, 1.82) is 0 Å². The van der Waals surface area contributed by atoms with Gasteiger partial charge < -0.3 is 15.0 Å². The highest BCUT2D eigenvalue weighted by Gasteiger charge is 2.50. The van der Waals surface area contributed by atoms with Gasteiger partial charge in [-0.15, -0.1) is 0 Å². The van der Waals surface area contributed by atoms with E-state index in [9.17, 15) is 4.79 Å². The van der Waals surface area contributed by atoms with Crippen LogP contribution < -0.4 is 5.32 Å². The number of rotatable bonds is 2. The number of carbonyl (C=O) groups is 1. The van der Waals surface area contributed by atoms with E-state index in [2.05, 4.69) is 12.2 Å². The van der Waals surface area contributed by atoms with Crippen molar-refractivity contribution in [2.45, 2.75) is 44.2 Å². The van der Waals surface area contributed by atoms with Gasteiger partial charge in [-0.2, -0.15) is 0 Å². The highest BCUT2D eigenvalue weighted by atomic mass is 16.6. The van der Waals surface area contributed by atoms with Gasteiger partial charge in [0.25, 0.3) is 0 Å². The van der Waals surface area contributed by atoms with Crippen molar-refractivity contribution in [2.24, 2.45) is 5.92 Å². The van der Waals surface area contributed by atoms with Gasteiger partial charge in [0.15, 0.2) is 0 Å². The summed E-state index contributed by atoms with van der Waals surface area (Å²) in [5.41, 5.74) is -0.234. The lowest BCUT2D eigenvalue weighted by molar-refractivity contribution is 0.00943. The Bertz CT molecular complexity index is 297. The van der Waals surface area contributed by atoms with Gasteiger partial charge in [0, 0.05) is 12.0 Å². The molecule has 2 saturated heterocycles. The minimum atomic E-state index is -0.234. The molecule has 4 nitrogen and oxygen atoms in total. The highest BCUT2D eigenvalue weighted by molar-refractivity contribution is 5.71. The summed E-state index contributed by atoms with van der Waals surface area (Å²) >= 11 is 0. The summed E-state index contributed by atoms with van der Waals surface area (Å²) in [4.78, 5) is 13.7. The van der Waals surface area contributed by atoms with E-state index in [0.29, 0.717) is 12.0 Å². The molecule has 3 aliphatic rings. The summed E-state index contributed by atoms with van der Waals surface area (Å²) in [6, 6.07) is 0.482. The molecule has 2 aliphatic heterocycles. The third-order valence-corrected chi connectivity index (χ3v) is 4.23. The first-order valence-electron chi connectivity index (χ1n) is 6.39. The fraction of sp³-hybridized carbons (Fsp3) is 0.917. The first-order valence-corrected chi connectivity index (χ1v) is 6.39. The van der Waals surface area contributed by atoms with Crippen LogP contribution in [0.15, 0.2) is 0 Å². The van der Waals surface area contributed by atoms with Gasteiger partial charge in [0.2, 0.25) is 0 Å². The molecule has 1 N–H and O–H groups in total. The quantitative estimate of drug-likeness (QED) is 0.770. The summed E-state index contributed by atoms with van der Waals surface area (Å²) in [5.74, 6) is 0.529. The van der Waals surface area contributed by atoms with E-state index in [1.165, 1.54) is 0 Å². The number of nitrogens with one attached hydrogen (secondary N) is 1. The monoisotopic (exact) mass is 224 g/mol. The molecule has 1 unspecified atom stereocenters. The molecule has 4 heteroatoms. The molecule has 1 saturated carbocycles. The minimum Gasteiger partial charge on any atom is -0.441 e. The van der Waals surface area contributed by atoms with Crippen LogP contribution in [0.5, 0.6) is 0 Å². The summed E-state index contributed by atoms with van der Waals surface area (Å²) in [6.07, 6.45) is 4.50. The largest absolute Gasteiger partial charge is 0.441 e. The van der Waals surface area contributed by atoms with E-state index in [1.807, 2.05) is 4.90 Å². The van der Waals surface area contributed by atoms with E-state index in [-0.39, 0.29) is 11.7 Å². The SMILES string of the molecule is CC1(C2CCNCC2)CN(C2CC2)C(=O)O1. The summed E-state index contributed by atoms with van der Waals surface area (Å²) in [7, 11) is 0. The third-order valence-electron chi connectivity index (χ3n) is 4.23. The molecule has 0 aromatic rings. The van der Waals surface area contributed by atoms with Crippen molar-refractivity contribution in [1.82, 2.24) is 10.2 Å². The zero-order valence-electron chi connectivity index (χ0n) is 9.87. The molecule has 1 atom stereocenters. The molecule has 2 heterocycles. The second-order valence-corrected chi connectivity index (χ2v) is 5.56. The average Bonchev–Trinajstić information content (AvgIpc) is 3.07. The molecule has 0 aromatic carbocycles. The molecule has 90 valence electrons. The van der Waals surface area contributed by atoms with Crippen LogP contribution in [-0.2, 0) is 4.74 Å². The topological polar surface area (TPSA) is 41.6 Å². The maximum atomic E-state index is 11.8. The number of ether oxygens (including phenoxy) is 1. The van der Waals surface area contributed by atoms with Crippen molar-refractivity contribution in [3.05, 3.63) is 0 Å². The van der Waals surface area contributed by atoms with Gasteiger partial charge in [0.1, 0.15) is 5.60 Å². The molecule has 3 rings (SSSR count). The fourth-order valence-electron chi connectivity index (χ4n) is 3.00. The standard InChI is InChI=1S/C12H20N2O2/c1-12(9-4-6-13-7-5-9)8-14(10-2-3-10)11(15)16-12/h9-10,13H,2-8H2,1H3. The first kappa shape index (κ1) is 10.4. The Hall–Kier alpha value is -0.770. The summed E-state index contributed by atoms with van der Waals surface area (Å²) in [5, 5.41) is 3.36. The van der Waals surface area contributed by atoms with Crippen LogP contribution in [0, 0.1) is 5.92 Å². The van der Waals surface area contributed by atoms with Crippen molar-refractivity contribution >= 4 is 6.09 Å². The van der Waals surface area contributed by atoms with Crippen molar-refractivity contribution in [3.63, 3.8) is 0 Å². The normalized spacial score (nSPS) is 36.6. The number of carbonyl (C=O) groups excluding carboxylic acids is 1. The van der Waals surface area contributed by atoms with Crippen LogP contribution in [-0.4, -0.2) is 42.3 Å². The molecule has 0 aromatic heterocycles. The molecular weight excluding hydrogens is 204 g/mol. The maximum Gasteiger partial charge on any atom is 0.410 e. The van der Waals surface area contributed by atoms with Gasteiger partial charge in [-0.3, -0.25) is 0 Å². The van der Waals surface area contributed by atoms with Gasteiger partial charge in [-0.05, 0) is 45.7 Å². The molecule has 0 spiro atoms. The molecule has 16 heavy (non-hydrogen) atoms. The lowest BCUT2D eigenvalue weighted by Crippen LogP contribution is -2.44. The predicted molar refractivity (Wildman–Crippen MR) is 60.2 cm³/mol. The average molecular weight is 224 g/mol. The van der Waals surface area contributed by atoms with Gasteiger partial charge >= 0.3 is 6.09 Å². The fourth-order valence-corrected chi connectivity index (χ4v) is 3.00. The molecule has 0 bridgehead atoms. The lowest BCUT2D eigenvalue weighted by atomic mass is 9.82. The zero-order chi connectivity index (χ0) is 11.2. The predicted octanol–water partition coefficient (Wildman–Crippen LogP) is 1.36. The van der Waals surface area contributed by atoms with E-state index in [0.717, 1.165) is 45.3 Å². The van der Waals surface area contributed by atoms with Crippen LogP contribution in [0.2, 0.25) is 0 Å². The second kappa shape index (κ2) is 3.62. The van der Waals surface area contributed by atoms with Gasteiger partial charge in [-0.25, -0.2) is 4.79 Å². The van der Waals surface area contributed by atoms with Crippen molar-refractivity contribution in [3.8, 4) is 0 Å². The number of amides is 1. The van der Waals surface area contributed by atoms with Crippen LogP contribution in [0.1, 0.15) is 32.6 Å². The number of hydrogen-bond donors (Lipinski definition) is 1.